The molecule has 4 heterocycles. The maximum atomic E-state index is 13.0. The molecule has 14 heteroatoms. The van der Waals surface area contributed by atoms with E-state index in [0.717, 1.165) is 50.5 Å². The molecule has 4 aromatic heterocycles. The number of nitrogens with zero attached hydrogens (tertiary/aromatic N) is 4. The van der Waals surface area contributed by atoms with Crippen LogP contribution in [-0.4, -0.2) is 46.8 Å². The van der Waals surface area contributed by atoms with E-state index in [2.05, 4.69) is 40.5 Å². The molecule has 8 rings (SSSR count). The summed E-state index contributed by atoms with van der Waals surface area (Å²) in [4.78, 5) is 49.6. The summed E-state index contributed by atoms with van der Waals surface area (Å²) in [7, 11) is 0. The van der Waals surface area contributed by atoms with Gasteiger partial charge in [-0.3, -0.25) is 9.59 Å². The van der Waals surface area contributed by atoms with Crippen molar-refractivity contribution in [2.75, 3.05) is 10.6 Å². The molecule has 2 amide bonds. The van der Waals surface area contributed by atoms with Gasteiger partial charge in [0, 0.05) is 27.2 Å². The molecule has 0 bridgehead atoms. The highest BCUT2D eigenvalue weighted by atomic mass is 35.5. The Labute approximate surface area is 323 Å². The van der Waals surface area contributed by atoms with E-state index in [1.165, 1.54) is 29.6 Å². The van der Waals surface area contributed by atoms with Gasteiger partial charge in [-0.25, -0.2) is 19.9 Å². The highest BCUT2D eigenvalue weighted by Crippen LogP contribution is 2.29. The molecule has 8 aromatic rings. The molecule has 0 unspecified atom stereocenters. The van der Waals surface area contributed by atoms with Crippen molar-refractivity contribution in [2.24, 2.45) is 5.92 Å². The summed E-state index contributed by atoms with van der Waals surface area (Å²) < 4.78 is 0. The number of rotatable bonds is 9. The van der Waals surface area contributed by atoms with Crippen LogP contribution in [0.1, 0.15) is 37.8 Å². The van der Waals surface area contributed by atoms with Crippen LogP contribution in [0, 0.1) is 5.92 Å². The van der Waals surface area contributed by atoms with Crippen molar-refractivity contribution in [3.8, 4) is 23.0 Å². The zero-order valence-electron chi connectivity index (χ0n) is 29.4. The fraction of sp³-hybridized carbons (Fsp3) is 0.150. The minimum atomic E-state index is -1.63. The first-order valence-corrected chi connectivity index (χ1v) is 19.2. The second-order valence-electron chi connectivity index (χ2n) is 13.0. The molecule has 0 spiro atoms. The lowest BCUT2D eigenvalue weighted by Crippen LogP contribution is -2.37. The molecule has 11 nitrogen and oxygen atoms in total. The van der Waals surface area contributed by atoms with Gasteiger partial charge in [0.25, 0.3) is 5.91 Å². The predicted octanol–water partition coefficient (Wildman–Crippen LogP) is 9.25. The lowest BCUT2D eigenvalue weighted by atomic mass is 9.87. The van der Waals surface area contributed by atoms with E-state index in [0.29, 0.717) is 22.1 Å². The number of hydrogen-bond acceptors (Lipinski definition) is 9. The van der Waals surface area contributed by atoms with E-state index >= 15 is 0 Å². The molecule has 5 N–H and O–H groups in total. The summed E-state index contributed by atoms with van der Waals surface area (Å²) >= 11 is 9.01. The quantitative estimate of drug-likeness (QED) is 0.0977. The standard InChI is InChI=1S/C21H19ClN4OS.C19H16N4O2S/c1-12(2)19(13-3-5-14(22)6-4-13)21(27)24-15-7-8-16-17(9-15)26-20(25-16)18-10-28-11-23-18;1-19(25,12-5-3-2-4-6-12)18(24)21-13-7-8-14-15(9-13)23-17(22-14)16-10-26-11-20-16/h3-12,19H,1-2H3,(H,24,27)(H,25,26);2-11,25H,1H3,(H,21,24)(H,22,23)/t2*19-/m11/s1. The molecule has 0 fully saturated rings. The van der Waals surface area contributed by atoms with Crippen molar-refractivity contribution in [3.05, 3.63) is 129 Å². The number of H-pyrrole nitrogens is 2. The Hall–Kier alpha value is -5.73. The van der Waals surface area contributed by atoms with Crippen LogP contribution >= 0.6 is 34.3 Å². The van der Waals surface area contributed by atoms with E-state index in [1.54, 1.807) is 47.4 Å². The summed E-state index contributed by atoms with van der Waals surface area (Å²) in [6.07, 6.45) is 0. The molecule has 54 heavy (non-hydrogen) atoms. The monoisotopic (exact) mass is 774 g/mol. The number of benzene rings is 4. The molecular weight excluding hydrogens is 740 g/mol. The van der Waals surface area contributed by atoms with Crippen LogP contribution in [0.2, 0.25) is 5.02 Å². The Morgan fingerprint density at radius 3 is 1.80 bits per heavy atom. The van der Waals surface area contributed by atoms with E-state index < -0.39 is 11.5 Å². The number of aromatic nitrogens is 6. The van der Waals surface area contributed by atoms with Crippen LogP contribution in [-0.2, 0) is 15.2 Å². The number of thiazole rings is 2. The number of aliphatic hydroxyl groups is 1. The number of amides is 2. The smallest absolute Gasteiger partial charge is 0.260 e. The van der Waals surface area contributed by atoms with Gasteiger partial charge in [0.15, 0.2) is 17.2 Å². The number of carbonyl (C=O) groups is 2. The van der Waals surface area contributed by atoms with E-state index in [4.69, 9.17) is 11.6 Å². The lowest BCUT2D eigenvalue weighted by Gasteiger charge is -2.22. The number of hydrogen-bond donors (Lipinski definition) is 5. The van der Waals surface area contributed by atoms with E-state index in [9.17, 15) is 14.7 Å². The third kappa shape index (κ3) is 8.09. The summed E-state index contributed by atoms with van der Waals surface area (Å²) in [5.74, 6) is 0.744. The van der Waals surface area contributed by atoms with Gasteiger partial charge in [0.05, 0.1) is 39.0 Å². The molecule has 0 saturated carbocycles. The minimum absolute atomic E-state index is 0.0455. The van der Waals surface area contributed by atoms with Crippen molar-refractivity contribution >= 4 is 79.5 Å². The SMILES string of the molecule is CC(C)[C@@H](C(=O)Nc1ccc2nc(-c3cscn3)[nH]c2c1)c1ccc(Cl)cc1.C[C@](O)(C(=O)Nc1ccc2nc(-c3cscn3)[nH]c2c1)c1ccccc1. The zero-order valence-corrected chi connectivity index (χ0v) is 31.8. The molecule has 0 saturated heterocycles. The first-order chi connectivity index (χ1) is 26.0. The van der Waals surface area contributed by atoms with Crippen LogP contribution in [0.25, 0.3) is 45.1 Å². The third-order valence-corrected chi connectivity index (χ3v) is 10.2. The fourth-order valence-electron chi connectivity index (χ4n) is 5.95. The maximum absolute atomic E-state index is 13.0. The molecule has 0 radical (unpaired) electrons. The zero-order chi connectivity index (χ0) is 37.8. The Bertz CT molecular complexity index is 2510. The molecule has 272 valence electrons. The molecule has 2 atom stereocenters. The van der Waals surface area contributed by atoms with Crippen LogP contribution < -0.4 is 10.6 Å². The Balaban J connectivity index is 0.000000167. The first-order valence-electron chi connectivity index (χ1n) is 17.0. The number of carbonyl (C=O) groups excluding carboxylic acids is 2. The largest absolute Gasteiger partial charge is 0.376 e. The van der Waals surface area contributed by atoms with Gasteiger partial charge in [-0.2, -0.15) is 0 Å². The third-order valence-electron chi connectivity index (χ3n) is 8.80. The van der Waals surface area contributed by atoms with E-state index in [1.807, 2.05) is 79.2 Å². The molecule has 0 aliphatic carbocycles. The fourth-order valence-corrected chi connectivity index (χ4v) is 7.15. The molecule has 0 aliphatic heterocycles. The summed E-state index contributed by atoms with van der Waals surface area (Å²) in [5, 5.41) is 20.9. The predicted molar refractivity (Wildman–Crippen MR) is 217 cm³/mol. The summed E-state index contributed by atoms with van der Waals surface area (Å²) in [5.41, 5.74) is 9.53. The lowest BCUT2D eigenvalue weighted by molar-refractivity contribution is -0.133. The van der Waals surface area contributed by atoms with Gasteiger partial charge in [-0.05, 0) is 72.5 Å². The highest BCUT2D eigenvalue weighted by Gasteiger charge is 2.32. The number of nitrogens with one attached hydrogen (secondary N) is 4. The van der Waals surface area contributed by atoms with Crippen molar-refractivity contribution in [3.63, 3.8) is 0 Å². The number of anilines is 2. The Morgan fingerprint density at radius 2 is 1.30 bits per heavy atom. The van der Waals surface area contributed by atoms with Crippen LogP contribution in [0.4, 0.5) is 11.4 Å². The van der Waals surface area contributed by atoms with Crippen LogP contribution in [0.15, 0.2) is 113 Å². The van der Waals surface area contributed by atoms with Gasteiger partial charge >= 0.3 is 0 Å². The van der Waals surface area contributed by atoms with Gasteiger partial charge in [0.1, 0.15) is 11.4 Å². The maximum Gasteiger partial charge on any atom is 0.260 e. The average Bonchev–Trinajstić information content (AvgIpc) is 4.00. The van der Waals surface area contributed by atoms with Gasteiger partial charge in [0.2, 0.25) is 5.91 Å². The van der Waals surface area contributed by atoms with E-state index in [-0.39, 0.29) is 17.7 Å². The Kier molecular flexibility index (Phi) is 10.7. The molecular formula is C40H35ClN8O3S2. The highest BCUT2D eigenvalue weighted by molar-refractivity contribution is 7.08. The van der Waals surface area contributed by atoms with Crippen molar-refractivity contribution in [1.29, 1.82) is 0 Å². The van der Waals surface area contributed by atoms with Gasteiger partial charge < -0.3 is 25.7 Å². The van der Waals surface area contributed by atoms with Gasteiger partial charge in [-0.1, -0.05) is 67.9 Å². The number of fused-ring (bicyclic) bond motifs is 2. The Morgan fingerprint density at radius 1 is 0.759 bits per heavy atom. The van der Waals surface area contributed by atoms with Crippen LogP contribution in [0.3, 0.4) is 0 Å². The molecule has 4 aromatic carbocycles. The summed E-state index contributed by atoms with van der Waals surface area (Å²) in [6.45, 7) is 5.56. The van der Waals surface area contributed by atoms with Crippen LogP contribution in [0.5, 0.6) is 0 Å². The number of halogens is 1. The normalized spacial score (nSPS) is 12.9. The minimum Gasteiger partial charge on any atom is -0.376 e. The second-order valence-corrected chi connectivity index (χ2v) is 14.9. The first kappa shape index (κ1) is 36.6. The number of aromatic amines is 2. The van der Waals surface area contributed by atoms with Gasteiger partial charge in [-0.15, -0.1) is 22.7 Å². The van der Waals surface area contributed by atoms with Crippen molar-refractivity contribution in [1.82, 2.24) is 29.9 Å². The number of imidazole rings is 2. The summed E-state index contributed by atoms with van der Waals surface area (Å²) in [6, 6.07) is 27.3. The average molecular weight is 775 g/mol. The molecule has 0 aliphatic rings. The van der Waals surface area contributed by atoms with Crippen molar-refractivity contribution < 1.29 is 14.7 Å². The van der Waals surface area contributed by atoms with Crippen molar-refractivity contribution in [2.45, 2.75) is 32.3 Å². The second kappa shape index (κ2) is 15.7. The topological polar surface area (TPSA) is 162 Å².